The summed E-state index contributed by atoms with van der Waals surface area (Å²) in [5.74, 6) is -1.13. The van der Waals surface area contributed by atoms with E-state index in [4.69, 9.17) is 5.11 Å². The van der Waals surface area contributed by atoms with Crippen LogP contribution in [0.25, 0.3) is 0 Å². The summed E-state index contributed by atoms with van der Waals surface area (Å²) in [6.45, 7) is 10.5. The fraction of sp³-hybridized carbons (Fsp3) is 0.733. The van der Waals surface area contributed by atoms with Crippen molar-refractivity contribution in [3.8, 4) is 0 Å². The Morgan fingerprint density at radius 3 is 2.62 bits per heavy atom. The number of aryl methyl sites for hydroxylation is 2. The first-order chi connectivity index (χ1) is 9.97. The number of aromatic nitrogens is 1. The maximum Gasteiger partial charge on any atom is 0.308 e. The first kappa shape index (κ1) is 16.2. The van der Waals surface area contributed by atoms with Gasteiger partial charge in [-0.15, -0.1) is 11.3 Å². The molecule has 1 unspecified atom stereocenters. The third kappa shape index (κ3) is 4.41. The molecule has 1 atom stereocenters. The summed E-state index contributed by atoms with van der Waals surface area (Å²) in [5, 5.41) is 10.1. The number of aliphatic carboxylic acids is 1. The van der Waals surface area contributed by atoms with Gasteiger partial charge in [-0.2, -0.15) is 0 Å². The van der Waals surface area contributed by atoms with Gasteiger partial charge in [-0.3, -0.25) is 4.79 Å². The van der Waals surface area contributed by atoms with Crippen LogP contribution in [0.1, 0.15) is 30.3 Å². The van der Waals surface area contributed by atoms with Crippen molar-refractivity contribution in [2.24, 2.45) is 5.92 Å². The predicted octanol–water partition coefficient (Wildman–Crippen LogP) is 2.38. The molecule has 0 bridgehead atoms. The standard InChI is InChI=1S/C15H25N3O2S/c1-11(14(19)20)10-18(9-8-17-6-4-5-7-17)15-16-12(2)13(3)21-15/h11H,4-10H2,1-3H3,(H,19,20). The van der Waals surface area contributed by atoms with Crippen molar-refractivity contribution >= 4 is 22.4 Å². The van der Waals surface area contributed by atoms with Crippen LogP contribution in [0.15, 0.2) is 0 Å². The van der Waals surface area contributed by atoms with Crippen molar-refractivity contribution in [3.63, 3.8) is 0 Å². The van der Waals surface area contributed by atoms with Crippen LogP contribution in [-0.4, -0.2) is 53.7 Å². The molecule has 1 N–H and O–H groups in total. The number of nitrogens with zero attached hydrogens (tertiary/aromatic N) is 3. The maximum atomic E-state index is 11.1. The first-order valence-electron chi connectivity index (χ1n) is 7.61. The lowest BCUT2D eigenvalue weighted by molar-refractivity contribution is -0.140. The van der Waals surface area contributed by atoms with Crippen LogP contribution in [0.2, 0.25) is 0 Å². The molecule has 118 valence electrons. The van der Waals surface area contributed by atoms with Gasteiger partial charge in [-0.25, -0.2) is 4.98 Å². The summed E-state index contributed by atoms with van der Waals surface area (Å²) in [5.41, 5.74) is 1.05. The molecular weight excluding hydrogens is 286 g/mol. The Labute approximate surface area is 130 Å². The molecule has 0 aromatic carbocycles. The Morgan fingerprint density at radius 1 is 1.43 bits per heavy atom. The Bertz CT molecular complexity index is 464. The van der Waals surface area contributed by atoms with E-state index < -0.39 is 5.97 Å². The molecule has 21 heavy (non-hydrogen) atoms. The smallest absolute Gasteiger partial charge is 0.308 e. The molecule has 6 heteroatoms. The number of carboxylic acid groups (broad SMARTS) is 1. The third-order valence-electron chi connectivity index (χ3n) is 4.09. The van der Waals surface area contributed by atoms with Crippen LogP contribution in [-0.2, 0) is 4.79 Å². The highest BCUT2D eigenvalue weighted by Crippen LogP contribution is 2.26. The zero-order valence-electron chi connectivity index (χ0n) is 13.1. The summed E-state index contributed by atoms with van der Waals surface area (Å²) in [4.78, 5) is 21.5. The van der Waals surface area contributed by atoms with E-state index in [9.17, 15) is 4.79 Å². The fourth-order valence-electron chi connectivity index (χ4n) is 2.53. The minimum Gasteiger partial charge on any atom is -0.481 e. The number of hydrogen-bond donors (Lipinski definition) is 1. The van der Waals surface area contributed by atoms with E-state index in [2.05, 4.69) is 21.7 Å². The van der Waals surface area contributed by atoms with Crippen LogP contribution in [0, 0.1) is 19.8 Å². The van der Waals surface area contributed by atoms with Gasteiger partial charge in [0.2, 0.25) is 0 Å². The summed E-state index contributed by atoms with van der Waals surface area (Å²) < 4.78 is 0. The quantitative estimate of drug-likeness (QED) is 0.838. The highest BCUT2D eigenvalue weighted by molar-refractivity contribution is 7.15. The van der Waals surface area contributed by atoms with Gasteiger partial charge in [0.05, 0.1) is 11.6 Å². The number of anilines is 1. The monoisotopic (exact) mass is 311 g/mol. The lowest BCUT2D eigenvalue weighted by Gasteiger charge is -2.26. The minimum atomic E-state index is -0.744. The van der Waals surface area contributed by atoms with Crippen molar-refractivity contribution in [1.29, 1.82) is 0 Å². The lowest BCUT2D eigenvalue weighted by atomic mass is 10.2. The van der Waals surface area contributed by atoms with E-state index >= 15 is 0 Å². The summed E-state index contributed by atoms with van der Waals surface area (Å²) in [7, 11) is 0. The van der Waals surface area contributed by atoms with Crippen LogP contribution in [0.4, 0.5) is 5.13 Å². The average molecular weight is 311 g/mol. The van der Waals surface area contributed by atoms with Crippen LogP contribution in [0.3, 0.4) is 0 Å². The summed E-state index contributed by atoms with van der Waals surface area (Å²) >= 11 is 1.66. The zero-order chi connectivity index (χ0) is 15.4. The zero-order valence-corrected chi connectivity index (χ0v) is 13.9. The SMILES string of the molecule is Cc1nc(N(CCN2CCCC2)CC(C)C(=O)O)sc1C. The largest absolute Gasteiger partial charge is 0.481 e. The number of likely N-dealkylation sites (tertiary alicyclic amines) is 1. The summed E-state index contributed by atoms with van der Waals surface area (Å²) in [6, 6.07) is 0. The lowest BCUT2D eigenvalue weighted by Crippen LogP contribution is -2.38. The van der Waals surface area contributed by atoms with Crippen LogP contribution >= 0.6 is 11.3 Å². The molecular formula is C15H25N3O2S. The normalized spacial score (nSPS) is 17.1. The van der Waals surface area contributed by atoms with Gasteiger partial charge in [0.15, 0.2) is 5.13 Å². The second-order valence-corrected chi connectivity index (χ2v) is 7.05. The molecule has 0 amide bonds. The molecule has 1 aliphatic heterocycles. The molecule has 5 nitrogen and oxygen atoms in total. The molecule has 0 spiro atoms. The maximum absolute atomic E-state index is 11.1. The van der Waals surface area contributed by atoms with E-state index in [0.29, 0.717) is 6.54 Å². The van der Waals surface area contributed by atoms with Crippen molar-refractivity contribution in [3.05, 3.63) is 10.6 Å². The van der Waals surface area contributed by atoms with E-state index in [1.165, 1.54) is 17.7 Å². The third-order valence-corrected chi connectivity index (χ3v) is 5.22. The average Bonchev–Trinajstić information content (AvgIpc) is 3.05. The Hall–Kier alpha value is -1.14. The van der Waals surface area contributed by atoms with Crippen molar-refractivity contribution in [1.82, 2.24) is 9.88 Å². The molecule has 0 aliphatic carbocycles. The molecule has 1 saturated heterocycles. The highest BCUT2D eigenvalue weighted by atomic mass is 32.1. The van der Waals surface area contributed by atoms with Gasteiger partial charge in [-0.1, -0.05) is 6.92 Å². The molecule has 1 aromatic heterocycles. The molecule has 0 saturated carbocycles. The Morgan fingerprint density at radius 2 is 2.10 bits per heavy atom. The van der Waals surface area contributed by atoms with Gasteiger partial charge in [0, 0.05) is 24.5 Å². The van der Waals surface area contributed by atoms with E-state index in [0.717, 1.165) is 37.0 Å². The van der Waals surface area contributed by atoms with Gasteiger partial charge < -0.3 is 14.9 Å². The number of carboxylic acids is 1. The van der Waals surface area contributed by atoms with E-state index in [-0.39, 0.29) is 5.92 Å². The Balaban J connectivity index is 2.03. The van der Waals surface area contributed by atoms with Gasteiger partial charge in [-0.05, 0) is 39.8 Å². The second-order valence-electron chi connectivity index (χ2n) is 5.87. The second kappa shape index (κ2) is 7.22. The van der Waals surface area contributed by atoms with E-state index in [1.807, 2.05) is 6.92 Å². The molecule has 2 heterocycles. The van der Waals surface area contributed by atoms with Crippen molar-refractivity contribution in [2.45, 2.75) is 33.6 Å². The van der Waals surface area contributed by atoms with Crippen LogP contribution < -0.4 is 4.90 Å². The number of carbonyl (C=O) groups is 1. The first-order valence-corrected chi connectivity index (χ1v) is 8.43. The topological polar surface area (TPSA) is 56.7 Å². The molecule has 1 fully saturated rings. The molecule has 0 radical (unpaired) electrons. The van der Waals surface area contributed by atoms with Gasteiger partial charge in [0.25, 0.3) is 0 Å². The van der Waals surface area contributed by atoms with E-state index in [1.54, 1.807) is 18.3 Å². The van der Waals surface area contributed by atoms with Crippen molar-refractivity contribution < 1.29 is 9.90 Å². The van der Waals surface area contributed by atoms with Crippen molar-refractivity contribution in [2.75, 3.05) is 37.6 Å². The number of hydrogen-bond acceptors (Lipinski definition) is 5. The van der Waals surface area contributed by atoms with Gasteiger partial charge in [0.1, 0.15) is 0 Å². The fourth-order valence-corrected chi connectivity index (χ4v) is 3.48. The summed E-state index contributed by atoms with van der Waals surface area (Å²) in [6.07, 6.45) is 2.56. The molecule has 1 aliphatic rings. The number of thiazole rings is 1. The predicted molar refractivity (Wildman–Crippen MR) is 86.3 cm³/mol. The van der Waals surface area contributed by atoms with Crippen LogP contribution in [0.5, 0.6) is 0 Å². The Kier molecular flexibility index (Phi) is 5.58. The number of rotatable bonds is 7. The molecule has 1 aromatic rings. The molecule has 2 rings (SSSR count). The van der Waals surface area contributed by atoms with Gasteiger partial charge >= 0.3 is 5.97 Å². The highest BCUT2D eigenvalue weighted by Gasteiger charge is 2.21. The minimum absolute atomic E-state index is 0.381.